The van der Waals surface area contributed by atoms with Gasteiger partial charge in [0.15, 0.2) is 39.5 Å². The number of nitrogens with zero attached hydrogens (tertiary/aromatic N) is 22. The Morgan fingerprint density at radius 1 is 0.287 bits per heavy atom. The number of nitrogen functional groups attached to an aromatic ring is 7. The van der Waals surface area contributed by atoms with Crippen LogP contribution in [-0.2, 0) is 51.4 Å². The van der Waals surface area contributed by atoms with E-state index in [4.69, 9.17) is 50.9 Å². The molecule has 20 N–H and O–H groups in total. The van der Waals surface area contributed by atoms with Crippen molar-refractivity contribution < 1.29 is 0 Å². The lowest BCUT2D eigenvalue weighted by Crippen LogP contribution is -2.27. The first-order valence-electron chi connectivity index (χ1n) is 48.4. The first kappa shape index (κ1) is 95.4. The molecule has 17 aromatic rings. The van der Waals surface area contributed by atoms with Gasteiger partial charge in [0.05, 0.1) is 43.4 Å². The number of nitrogens with two attached hydrogens (primary N) is 8. The van der Waals surface area contributed by atoms with Crippen molar-refractivity contribution in [2.45, 2.75) is 233 Å². The molecule has 0 aliphatic carbocycles. The van der Waals surface area contributed by atoms with Crippen molar-refractivity contribution in [2.24, 2.45) is 5.73 Å². The molecule has 0 spiro atoms. The molecule has 19 heterocycles. The predicted molar refractivity (Wildman–Crippen MR) is 544 cm³/mol. The number of fused-ring (bicyclic) bond motifs is 7. The number of aromatic nitrogens is 21. The summed E-state index contributed by atoms with van der Waals surface area (Å²) < 4.78 is 11.9. The quantitative estimate of drug-likeness (QED) is 0.0283. The van der Waals surface area contributed by atoms with E-state index in [2.05, 4.69) is 165 Å². The molecule has 14 aromatic heterocycles. The highest BCUT2D eigenvalue weighted by Crippen LogP contribution is 2.28. The van der Waals surface area contributed by atoms with Crippen molar-refractivity contribution in [1.29, 1.82) is 0 Å². The van der Waals surface area contributed by atoms with Gasteiger partial charge in [0.2, 0.25) is 0 Å². The smallest absolute Gasteiger partial charge is 0.162 e. The van der Waals surface area contributed by atoms with Gasteiger partial charge in [0.1, 0.15) is 46.5 Å². The summed E-state index contributed by atoms with van der Waals surface area (Å²) in [6, 6.07) is 46.1. The van der Waals surface area contributed by atoms with E-state index < -0.39 is 0 Å². The summed E-state index contributed by atoms with van der Waals surface area (Å²) in [6.07, 6.45) is 39.8. The van der Waals surface area contributed by atoms with E-state index in [1.165, 1.54) is 99.6 Å². The number of hydrogen-bond acceptors (Lipinski definition) is 27. The summed E-state index contributed by atoms with van der Waals surface area (Å²) in [4.78, 5) is 34.7. The molecule has 3 aromatic carbocycles. The molecule has 0 bridgehead atoms. The van der Waals surface area contributed by atoms with Crippen LogP contribution in [0.15, 0.2) is 171 Å². The Morgan fingerprint density at radius 2 is 0.574 bits per heavy atom. The largest absolute Gasteiger partial charge is 0.384 e. The number of anilines is 8. The second-order valence-electron chi connectivity index (χ2n) is 36.9. The molecule has 5 atom stereocenters. The van der Waals surface area contributed by atoms with Gasteiger partial charge in [-0.15, -0.1) is 0 Å². The van der Waals surface area contributed by atoms with Crippen LogP contribution in [0.2, 0.25) is 0 Å². The Morgan fingerprint density at radius 3 is 0.897 bits per heavy atom. The summed E-state index contributed by atoms with van der Waals surface area (Å²) >= 11 is 0. The number of nitrogens with one attached hydrogen (secondary N) is 4. The van der Waals surface area contributed by atoms with Gasteiger partial charge in [-0.25, -0.2) is 34.9 Å². The van der Waals surface area contributed by atoms with Crippen molar-refractivity contribution in [3.05, 3.63) is 255 Å². The van der Waals surface area contributed by atoms with Crippen LogP contribution in [0.5, 0.6) is 0 Å². The summed E-state index contributed by atoms with van der Waals surface area (Å²) in [5.41, 5.74) is 72.9. The molecule has 5 saturated heterocycles. The zero-order chi connectivity index (χ0) is 94.7. The minimum atomic E-state index is 0.236. The average Bonchev–Trinajstić information content (AvgIpc) is 1.64. The number of hydrogen-bond donors (Lipinski definition) is 12. The van der Waals surface area contributed by atoms with Gasteiger partial charge >= 0.3 is 0 Å². The minimum Gasteiger partial charge on any atom is -0.384 e. The van der Waals surface area contributed by atoms with Crippen molar-refractivity contribution in [3.63, 3.8) is 0 Å². The molecule has 22 rings (SSSR count). The Balaban J connectivity index is 0.000000115. The van der Waals surface area contributed by atoms with E-state index in [-0.39, 0.29) is 6.04 Å². The fraction of sp³-hybridized carbons (Fsp3) is 0.412. The molecule has 34 nitrogen and oxygen atoms in total. The topological polar surface area (TPSA) is 471 Å². The lowest BCUT2D eigenvalue weighted by Gasteiger charge is -2.17. The molecule has 0 amide bonds. The first-order valence-corrected chi connectivity index (χ1v) is 48.4. The summed E-state index contributed by atoms with van der Waals surface area (Å²) in [5, 5.41) is 43.6. The fourth-order valence-electron chi connectivity index (χ4n) is 18.5. The van der Waals surface area contributed by atoms with E-state index in [1.54, 1.807) is 62.6 Å². The minimum absolute atomic E-state index is 0.236. The Labute approximate surface area is 794 Å². The van der Waals surface area contributed by atoms with Gasteiger partial charge in [-0.05, 0) is 251 Å². The van der Waals surface area contributed by atoms with Gasteiger partial charge in [-0.1, -0.05) is 84.9 Å². The van der Waals surface area contributed by atoms with Crippen molar-refractivity contribution in [3.8, 4) is 11.1 Å². The molecule has 0 unspecified atom stereocenters. The van der Waals surface area contributed by atoms with E-state index in [0.717, 1.165) is 235 Å². The molecule has 712 valence electrons. The van der Waals surface area contributed by atoms with Crippen LogP contribution in [-0.4, -0.2) is 172 Å². The molecule has 34 heteroatoms. The zero-order valence-electron chi connectivity index (χ0n) is 79.7. The number of rotatable bonds is 23. The highest BCUT2D eigenvalue weighted by Gasteiger charge is 2.24. The highest BCUT2D eigenvalue weighted by atomic mass is 15.3. The van der Waals surface area contributed by atoms with Crippen molar-refractivity contribution in [1.82, 2.24) is 123 Å². The fourth-order valence-corrected chi connectivity index (χ4v) is 18.5. The third kappa shape index (κ3) is 24.3. The second-order valence-corrected chi connectivity index (χ2v) is 36.9. The van der Waals surface area contributed by atoms with Crippen LogP contribution >= 0.6 is 0 Å². The zero-order valence-corrected chi connectivity index (χ0v) is 79.7. The lowest BCUT2D eigenvalue weighted by atomic mass is 10.0. The standard InChI is InChI=1S/C21H20N4.C16H18N4.2C14H21N5.2C13H19N5.C11H16N6/c1-15-14-23-25-20(22)13-19(24-21(15)25)12-9-16-7-10-18(11-8-16)17-5-3-2-4-6-17;1-12-11-18-20-15(17)10-14(19-16(12)20)9-5-8-13-6-3-2-4-7-13;2*1-10-9-17-19-13(15)8-12(18-14(10)19)5-2-4-11-6-3-7-16-11;2*1-9-8-16-18-12(14)7-11(17-13(9)18)5-4-10-3-2-6-15-10;1-7-5-14-17-9(13)4-10(15-11(7)17)16-3-2-8(12)6-16/h2-8,10-11,13-14H,9,12,22H2,1H3;2-4,6-7,10-11H,5,8-9,17H2,1H3;2*8-9,11,16H,2-7,15H2,1H3;2*7-8,10,15H,2-6,14H2,1H3;4-5,8H,2-3,6,12-13H2,1H3/t;;2*11-;2*10-;8-/m..10100/s1. The maximum absolute atomic E-state index is 6.08. The first-order chi connectivity index (χ1) is 66.0. The molecule has 5 aliphatic heterocycles. The van der Waals surface area contributed by atoms with E-state index >= 15 is 0 Å². The van der Waals surface area contributed by atoms with E-state index in [1.807, 2.05) is 115 Å². The number of aryl methyl sites for hydroxylation is 15. The monoisotopic (exact) mass is 1840 g/mol. The third-order valence-corrected chi connectivity index (χ3v) is 26.2. The van der Waals surface area contributed by atoms with Crippen LogP contribution in [0.3, 0.4) is 0 Å². The van der Waals surface area contributed by atoms with E-state index in [9.17, 15) is 0 Å². The lowest BCUT2D eigenvalue weighted by molar-refractivity contribution is 0.534. The Bertz CT molecular complexity index is 6570. The molecule has 5 fully saturated rings. The number of benzene rings is 3. The predicted octanol–water partition coefficient (Wildman–Crippen LogP) is 13.0. The van der Waals surface area contributed by atoms with Gasteiger partial charge in [0, 0.05) is 159 Å². The highest BCUT2D eigenvalue weighted by molar-refractivity contribution is 5.65. The van der Waals surface area contributed by atoms with Crippen LogP contribution in [0, 0.1) is 48.5 Å². The van der Waals surface area contributed by atoms with Crippen LogP contribution < -0.4 is 72.0 Å². The van der Waals surface area contributed by atoms with Gasteiger partial charge in [-0.2, -0.15) is 67.3 Å². The molecular weight excluding hydrogens is 1700 g/mol. The van der Waals surface area contributed by atoms with Crippen LogP contribution in [0.25, 0.3) is 50.7 Å². The summed E-state index contributed by atoms with van der Waals surface area (Å²) in [7, 11) is 0. The summed E-state index contributed by atoms with van der Waals surface area (Å²) in [6.45, 7) is 20.5. The maximum Gasteiger partial charge on any atom is 0.162 e. The SMILES string of the molecule is Cc1cnn2c(N)cc(CCC[C@@H]3CCCN3)nc12.Cc1cnn2c(N)cc(CCC[C@H]3CCCN3)nc12.Cc1cnn2c(N)cc(CCCc3ccccc3)nc12.Cc1cnn2c(N)cc(CC[C@@H]3CCCN3)nc12.Cc1cnn2c(N)cc(CC[C@H]3CCCN3)nc12.Cc1cnn2c(N)cc(CCc3ccc(-c4ccccc4)cc3)nc12.Cc1cnn2c(N)cc(N3CC[C@H](N)C3)nc12. The molecule has 0 saturated carbocycles. The Kier molecular flexibility index (Phi) is 31.6. The second kappa shape index (κ2) is 45.0. The van der Waals surface area contributed by atoms with Crippen molar-refractivity contribution in [2.75, 3.05) is 84.3 Å². The van der Waals surface area contributed by atoms with Gasteiger partial charge in [-0.3, -0.25) is 0 Å². The summed E-state index contributed by atoms with van der Waals surface area (Å²) in [5.74, 6) is 5.47. The third-order valence-electron chi connectivity index (χ3n) is 26.2. The Hall–Kier alpha value is -13.8. The molecule has 136 heavy (non-hydrogen) atoms. The van der Waals surface area contributed by atoms with Crippen molar-refractivity contribution >= 4 is 86.1 Å². The molecule has 5 aliphatic rings. The average molecular weight is 1840 g/mol. The van der Waals surface area contributed by atoms with Gasteiger partial charge < -0.3 is 72.0 Å². The normalized spacial score (nSPS) is 16.8. The van der Waals surface area contributed by atoms with Crippen LogP contribution in [0.4, 0.5) is 46.5 Å². The maximum atomic E-state index is 6.08. The van der Waals surface area contributed by atoms with Gasteiger partial charge in [0.25, 0.3) is 0 Å². The molecular formula is C102H134N34. The van der Waals surface area contributed by atoms with Crippen LogP contribution in [0.1, 0.15) is 187 Å². The van der Waals surface area contributed by atoms with E-state index in [0.29, 0.717) is 64.9 Å². The molecule has 0 radical (unpaired) electrons.